The molecule has 19 heavy (non-hydrogen) atoms. The number of alkyl halides is 3. The molecule has 0 aliphatic rings. The van der Waals surface area contributed by atoms with Crippen molar-refractivity contribution in [2.45, 2.75) is 6.18 Å². The van der Waals surface area contributed by atoms with Crippen LogP contribution in [-0.2, 0) is 6.18 Å². The van der Waals surface area contributed by atoms with Gasteiger partial charge in [0.1, 0.15) is 11.6 Å². The summed E-state index contributed by atoms with van der Waals surface area (Å²) in [5, 5.41) is 0. The van der Waals surface area contributed by atoms with E-state index in [9.17, 15) is 17.6 Å². The lowest BCUT2D eigenvalue weighted by molar-refractivity contribution is -0.137. The topological polar surface area (TPSA) is 9.23 Å². The fourth-order valence-electron chi connectivity index (χ4n) is 1.86. The Morgan fingerprint density at radius 3 is 2.26 bits per heavy atom. The van der Waals surface area contributed by atoms with Gasteiger partial charge in [-0.1, -0.05) is 18.2 Å². The van der Waals surface area contributed by atoms with E-state index < -0.39 is 17.6 Å². The monoisotopic (exact) mass is 270 g/mol. The van der Waals surface area contributed by atoms with E-state index >= 15 is 0 Å². The predicted octanol–water partition coefficient (Wildman–Crippen LogP) is 4.52. The minimum atomic E-state index is -4.51. The first-order chi connectivity index (χ1) is 8.93. The zero-order chi connectivity index (χ0) is 14.0. The van der Waals surface area contributed by atoms with E-state index in [-0.39, 0.29) is 16.9 Å². The molecule has 0 N–H and O–H groups in total. The van der Waals surface area contributed by atoms with E-state index in [0.717, 1.165) is 18.2 Å². The smallest absolute Gasteiger partial charge is 0.417 e. The summed E-state index contributed by atoms with van der Waals surface area (Å²) in [5.41, 5.74) is -0.847. The number of benzene rings is 2. The molecule has 0 saturated heterocycles. The van der Waals surface area contributed by atoms with Crippen molar-refractivity contribution in [1.29, 1.82) is 0 Å². The van der Waals surface area contributed by atoms with Crippen LogP contribution in [0.4, 0.5) is 17.6 Å². The molecule has 0 amide bonds. The van der Waals surface area contributed by atoms with Crippen molar-refractivity contribution in [1.82, 2.24) is 0 Å². The second-order valence-corrected chi connectivity index (χ2v) is 3.89. The number of rotatable bonds is 2. The number of hydrogen-bond donors (Lipinski definition) is 0. The molecule has 0 aromatic heterocycles. The Kier molecular flexibility index (Phi) is 3.46. The molecule has 0 unspecified atom stereocenters. The summed E-state index contributed by atoms with van der Waals surface area (Å²) in [6.45, 7) is 0. The number of ether oxygens (including phenoxy) is 1. The molecule has 0 atom stereocenters. The van der Waals surface area contributed by atoms with Crippen LogP contribution in [0.3, 0.4) is 0 Å². The summed E-state index contributed by atoms with van der Waals surface area (Å²) in [4.78, 5) is 0. The van der Waals surface area contributed by atoms with Crippen LogP contribution in [0.5, 0.6) is 5.75 Å². The Morgan fingerprint density at radius 1 is 0.947 bits per heavy atom. The van der Waals surface area contributed by atoms with E-state index in [1.807, 2.05) is 0 Å². The Balaban J connectivity index is 2.69. The van der Waals surface area contributed by atoms with Crippen LogP contribution in [0.2, 0.25) is 0 Å². The summed E-state index contributed by atoms with van der Waals surface area (Å²) >= 11 is 0. The van der Waals surface area contributed by atoms with Gasteiger partial charge in [0.2, 0.25) is 0 Å². The minimum absolute atomic E-state index is 0.0791. The van der Waals surface area contributed by atoms with Gasteiger partial charge in [0.05, 0.1) is 12.7 Å². The third kappa shape index (κ3) is 2.70. The highest BCUT2D eigenvalue weighted by atomic mass is 19.4. The SMILES string of the molecule is COc1ccc(F)cc1-c1ccccc1C(F)(F)F. The Morgan fingerprint density at radius 2 is 1.63 bits per heavy atom. The maximum absolute atomic E-state index is 13.3. The van der Waals surface area contributed by atoms with E-state index in [1.54, 1.807) is 0 Å². The van der Waals surface area contributed by atoms with Crippen molar-refractivity contribution < 1.29 is 22.3 Å². The average molecular weight is 270 g/mol. The first-order valence-corrected chi connectivity index (χ1v) is 5.43. The van der Waals surface area contributed by atoms with Gasteiger partial charge in [-0.15, -0.1) is 0 Å². The van der Waals surface area contributed by atoms with Crippen molar-refractivity contribution in [3.8, 4) is 16.9 Å². The van der Waals surface area contributed by atoms with Crippen molar-refractivity contribution in [3.63, 3.8) is 0 Å². The average Bonchev–Trinajstić information content (AvgIpc) is 2.37. The predicted molar refractivity (Wildman–Crippen MR) is 63.4 cm³/mol. The standard InChI is InChI=1S/C14H10F4O/c1-19-13-7-6-9(15)8-11(13)10-4-2-3-5-12(10)14(16,17)18/h2-8H,1H3. The van der Waals surface area contributed by atoms with Crippen molar-refractivity contribution in [3.05, 3.63) is 53.8 Å². The summed E-state index contributed by atoms with van der Waals surface area (Å²) in [5.74, 6) is -0.425. The van der Waals surface area contributed by atoms with E-state index in [4.69, 9.17) is 4.74 Å². The van der Waals surface area contributed by atoms with Crippen LogP contribution >= 0.6 is 0 Å². The van der Waals surface area contributed by atoms with Gasteiger partial charge in [-0.05, 0) is 29.8 Å². The lowest BCUT2D eigenvalue weighted by atomic mass is 9.98. The molecule has 0 bridgehead atoms. The fraction of sp³-hybridized carbons (Fsp3) is 0.143. The molecule has 2 rings (SSSR count). The van der Waals surface area contributed by atoms with Gasteiger partial charge in [0.25, 0.3) is 0 Å². The molecule has 0 radical (unpaired) electrons. The summed E-state index contributed by atoms with van der Waals surface area (Å²) < 4.78 is 57.1. The van der Waals surface area contributed by atoms with Gasteiger partial charge >= 0.3 is 6.18 Å². The first kappa shape index (κ1) is 13.4. The van der Waals surface area contributed by atoms with Gasteiger partial charge < -0.3 is 4.74 Å². The van der Waals surface area contributed by atoms with Crippen molar-refractivity contribution in [2.75, 3.05) is 7.11 Å². The highest BCUT2D eigenvalue weighted by molar-refractivity contribution is 5.74. The Hall–Kier alpha value is -2.04. The lowest BCUT2D eigenvalue weighted by Crippen LogP contribution is -2.07. The van der Waals surface area contributed by atoms with Gasteiger partial charge in [-0.2, -0.15) is 13.2 Å². The van der Waals surface area contributed by atoms with E-state index in [0.29, 0.717) is 0 Å². The van der Waals surface area contributed by atoms with E-state index in [1.165, 1.54) is 31.4 Å². The molecule has 5 heteroatoms. The normalized spacial score (nSPS) is 11.4. The second kappa shape index (κ2) is 4.91. The third-order valence-electron chi connectivity index (χ3n) is 2.68. The zero-order valence-corrected chi connectivity index (χ0v) is 9.96. The number of halogens is 4. The van der Waals surface area contributed by atoms with Crippen LogP contribution in [-0.4, -0.2) is 7.11 Å². The maximum atomic E-state index is 13.3. The molecule has 0 aliphatic heterocycles. The van der Waals surface area contributed by atoms with Crippen LogP contribution in [0.15, 0.2) is 42.5 Å². The summed E-state index contributed by atoms with van der Waals surface area (Å²) in [7, 11) is 1.33. The molecule has 1 nitrogen and oxygen atoms in total. The maximum Gasteiger partial charge on any atom is 0.417 e. The summed E-state index contributed by atoms with van der Waals surface area (Å²) in [6, 6.07) is 8.48. The van der Waals surface area contributed by atoms with Crippen molar-refractivity contribution in [2.24, 2.45) is 0 Å². The van der Waals surface area contributed by atoms with Crippen LogP contribution in [0.1, 0.15) is 5.56 Å². The highest BCUT2D eigenvalue weighted by Gasteiger charge is 2.33. The van der Waals surface area contributed by atoms with Crippen LogP contribution in [0.25, 0.3) is 11.1 Å². The van der Waals surface area contributed by atoms with Gasteiger partial charge in [0.15, 0.2) is 0 Å². The largest absolute Gasteiger partial charge is 0.496 e. The van der Waals surface area contributed by atoms with E-state index in [2.05, 4.69) is 0 Å². The molecular weight excluding hydrogens is 260 g/mol. The Bertz CT molecular complexity index is 590. The number of hydrogen-bond acceptors (Lipinski definition) is 1. The molecule has 0 spiro atoms. The first-order valence-electron chi connectivity index (χ1n) is 5.43. The van der Waals surface area contributed by atoms with Crippen LogP contribution < -0.4 is 4.74 Å². The molecular formula is C14H10F4O. The highest BCUT2D eigenvalue weighted by Crippen LogP contribution is 2.40. The lowest BCUT2D eigenvalue weighted by Gasteiger charge is -2.15. The second-order valence-electron chi connectivity index (χ2n) is 3.89. The fourth-order valence-corrected chi connectivity index (χ4v) is 1.86. The van der Waals surface area contributed by atoms with Gasteiger partial charge in [-0.3, -0.25) is 0 Å². The van der Waals surface area contributed by atoms with Crippen LogP contribution in [0, 0.1) is 5.82 Å². The molecule has 0 heterocycles. The molecule has 0 saturated carbocycles. The third-order valence-corrected chi connectivity index (χ3v) is 2.68. The molecule has 2 aromatic rings. The molecule has 0 fully saturated rings. The molecule has 2 aromatic carbocycles. The Labute approximate surface area is 107 Å². The summed E-state index contributed by atoms with van der Waals surface area (Å²) in [6.07, 6.45) is -4.51. The minimum Gasteiger partial charge on any atom is -0.496 e. The quantitative estimate of drug-likeness (QED) is 0.729. The zero-order valence-electron chi connectivity index (χ0n) is 9.96. The molecule has 100 valence electrons. The van der Waals surface area contributed by atoms with Gasteiger partial charge in [0, 0.05) is 5.56 Å². The van der Waals surface area contributed by atoms with Gasteiger partial charge in [-0.25, -0.2) is 4.39 Å². The molecule has 0 aliphatic carbocycles. The number of methoxy groups -OCH3 is 1. The van der Waals surface area contributed by atoms with Crippen molar-refractivity contribution >= 4 is 0 Å².